The van der Waals surface area contributed by atoms with Crippen molar-refractivity contribution in [2.45, 2.75) is 13.8 Å². The zero-order valence-corrected chi connectivity index (χ0v) is 14.2. The van der Waals surface area contributed by atoms with Gasteiger partial charge in [0.2, 0.25) is 0 Å². The van der Waals surface area contributed by atoms with E-state index >= 15 is 0 Å². The maximum atomic E-state index is 12.2. The van der Waals surface area contributed by atoms with E-state index in [1.807, 2.05) is 50.2 Å². The zero-order valence-electron chi connectivity index (χ0n) is 13.5. The van der Waals surface area contributed by atoms with Crippen molar-refractivity contribution in [2.75, 3.05) is 6.61 Å². The number of nitrogens with zero attached hydrogens (tertiary/aromatic N) is 1. The number of hydrogen-bond donors (Lipinski definition) is 1. The van der Waals surface area contributed by atoms with Gasteiger partial charge < -0.3 is 9.72 Å². The van der Waals surface area contributed by atoms with Crippen molar-refractivity contribution in [1.82, 2.24) is 9.97 Å². The molecule has 0 bridgehead atoms. The molecule has 1 aromatic heterocycles. The SMILES string of the molecule is CCOc1cccc(C=C(Cl)c2nc3c(C)cccc3c(=O)[nH]2)c1. The lowest BCUT2D eigenvalue weighted by molar-refractivity contribution is 0.340. The number of ether oxygens (including phenoxy) is 1. The molecule has 0 saturated carbocycles. The average molecular weight is 341 g/mol. The quantitative estimate of drug-likeness (QED) is 0.767. The predicted octanol–water partition coefficient (Wildman–Crippen LogP) is 4.37. The van der Waals surface area contributed by atoms with Crippen molar-refractivity contribution in [3.8, 4) is 5.75 Å². The summed E-state index contributed by atoms with van der Waals surface area (Å²) in [6.45, 7) is 4.45. The third-order valence-corrected chi connectivity index (χ3v) is 3.91. The molecule has 5 heteroatoms. The third kappa shape index (κ3) is 3.34. The Kier molecular flexibility index (Phi) is 4.67. The van der Waals surface area contributed by atoms with E-state index < -0.39 is 0 Å². The number of aromatic amines is 1. The van der Waals surface area contributed by atoms with E-state index in [4.69, 9.17) is 16.3 Å². The minimum atomic E-state index is -0.201. The first-order chi connectivity index (χ1) is 11.6. The monoisotopic (exact) mass is 340 g/mol. The molecule has 1 heterocycles. The molecule has 0 aliphatic rings. The van der Waals surface area contributed by atoms with Gasteiger partial charge in [0, 0.05) is 0 Å². The summed E-state index contributed by atoms with van der Waals surface area (Å²) in [5.41, 5.74) is 2.26. The summed E-state index contributed by atoms with van der Waals surface area (Å²) < 4.78 is 5.48. The van der Waals surface area contributed by atoms with Crippen LogP contribution in [-0.4, -0.2) is 16.6 Å². The first-order valence-electron chi connectivity index (χ1n) is 7.68. The summed E-state index contributed by atoms with van der Waals surface area (Å²) in [7, 11) is 0. The molecule has 0 unspecified atom stereocenters. The first kappa shape index (κ1) is 16.3. The van der Waals surface area contributed by atoms with Crippen LogP contribution in [0.15, 0.2) is 47.3 Å². The van der Waals surface area contributed by atoms with Crippen LogP contribution in [0.5, 0.6) is 5.75 Å². The third-order valence-electron chi connectivity index (χ3n) is 3.63. The highest BCUT2D eigenvalue weighted by molar-refractivity contribution is 6.50. The molecule has 0 aliphatic heterocycles. The molecule has 0 fully saturated rings. The van der Waals surface area contributed by atoms with Crippen molar-refractivity contribution < 1.29 is 4.74 Å². The van der Waals surface area contributed by atoms with E-state index in [0.29, 0.717) is 28.4 Å². The van der Waals surface area contributed by atoms with Gasteiger partial charge in [0.1, 0.15) is 5.75 Å². The van der Waals surface area contributed by atoms with Crippen LogP contribution in [0, 0.1) is 6.92 Å². The lowest BCUT2D eigenvalue weighted by Gasteiger charge is -2.06. The molecule has 0 radical (unpaired) electrons. The van der Waals surface area contributed by atoms with E-state index in [2.05, 4.69) is 9.97 Å². The highest BCUT2D eigenvalue weighted by atomic mass is 35.5. The van der Waals surface area contributed by atoms with Gasteiger partial charge in [0.05, 0.1) is 22.5 Å². The summed E-state index contributed by atoms with van der Waals surface area (Å²) in [5.74, 6) is 1.12. The van der Waals surface area contributed by atoms with Crippen LogP contribution in [0.3, 0.4) is 0 Å². The molecule has 3 aromatic rings. The highest BCUT2D eigenvalue weighted by Gasteiger charge is 2.08. The number of H-pyrrole nitrogens is 1. The Morgan fingerprint density at radius 3 is 2.88 bits per heavy atom. The lowest BCUT2D eigenvalue weighted by Crippen LogP contribution is -2.11. The Morgan fingerprint density at radius 2 is 2.08 bits per heavy atom. The van der Waals surface area contributed by atoms with Crippen molar-refractivity contribution in [3.63, 3.8) is 0 Å². The van der Waals surface area contributed by atoms with E-state index in [0.717, 1.165) is 16.9 Å². The van der Waals surface area contributed by atoms with Gasteiger partial charge in [0.15, 0.2) is 5.82 Å². The maximum absolute atomic E-state index is 12.2. The van der Waals surface area contributed by atoms with Crippen LogP contribution >= 0.6 is 11.6 Å². The summed E-state index contributed by atoms with van der Waals surface area (Å²) in [6, 6.07) is 13.1. The van der Waals surface area contributed by atoms with Gasteiger partial charge in [0.25, 0.3) is 5.56 Å². The fourth-order valence-corrected chi connectivity index (χ4v) is 2.71. The molecule has 122 valence electrons. The second-order valence-electron chi connectivity index (χ2n) is 5.38. The fraction of sp³-hybridized carbons (Fsp3) is 0.158. The molecule has 0 amide bonds. The number of aryl methyl sites for hydroxylation is 1. The molecular weight excluding hydrogens is 324 g/mol. The highest BCUT2D eigenvalue weighted by Crippen LogP contribution is 2.23. The molecule has 0 atom stereocenters. The Labute approximate surface area is 144 Å². The second-order valence-corrected chi connectivity index (χ2v) is 5.79. The van der Waals surface area contributed by atoms with Crippen LogP contribution < -0.4 is 10.3 Å². The Bertz CT molecular complexity index is 977. The number of aromatic nitrogens is 2. The lowest BCUT2D eigenvalue weighted by atomic mass is 10.1. The van der Waals surface area contributed by atoms with Crippen LogP contribution in [0.1, 0.15) is 23.9 Å². The number of hydrogen-bond acceptors (Lipinski definition) is 3. The van der Waals surface area contributed by atoms with E-state index in [-0.39, 0.29) is 5.56 Å². The number of halogens is 1. The Morgan fingerprint density at radius 1 is 1.29 bits per heavy atom. The van der Waals surface area contributed by atoms with E-state index in [1.165, 1.54) is 0 Å². The summed E-state index contributed by atoms with van der Waals surface area (Å²) >= 11 is 6.38. The van der Waals surface area contributed by atoms with Crippen molar-refractivity contribution in [3.05, 3.63) is 69.8 Å². The number of fused-ring (bicyclic) bond motifs is 1. The van der Waals surface area contributed by atoms with Crippen LogP contribution in [0.25, 0.3) is 22.0 Å². The summed E-state index contributed by atoms with van der Waals surface area (Å²) in [6.07, 6.45) is 1.76. The number of para-hydroxylation sites is 1. The zero-order chi connectivity index (χ0) is 17.1. The fourth-order valence-electron chi connectivity index (χ4n) is 2.49. The molecule has 1 N–H and O–H groups in total. The first-order valence-corrected chi connectivity index (χ1v) is 8.06. The molecular formula is C19H17ClN2O2. The molecule has 2 aromatic carbocycles. The minimum absolute atomic E-state index is 0.201. The van der Waals surface area contributed by atoms with Crippen molar-refractivity contribution >= 4 is 33.6 Å². The number of nitrogens with one attached hydrogen (secondary N) is 1. The van der Waals surface area contributed by atoms with Crippen LogP contribution in [0.4, 0.5) is 0 Å². The van der Waals surface area contributed by atoms with Crippen molar-refractivity contribution in [2.24, 2.45) is 0 Å². The molecule has 4 nitrogen and oxygen atoms in total. The largest absolute Gasteiger partial charge is 0.494 e. The molecule has 0 aliphatic carbocycles. The second kappa shape index (κ2) is 6.89. The molecule has 24 heavy (non-hydrogen) atoms. The van der Waals surface area contributed by atoms with Gasteiger partial charge in [-0.15, -0.1) is 0 Å². The predicted molar refractivity (Wildman–Crippen MR) is 98.4 cm³/mol. The van der Waals surface area contributed by atoms with Gasteiger partial charge >= 0.3 is 0 Å². The Hall–Kier alpha value is -2.59. The van der Waals surface area contributed by atoms with Gasteiger partial charge in [-0.25, -0.2) is 4.98 Å². The van der Waals surface area contributed by atoms with E-state index in [1.54, 1.807) is 12.1 Å². The number of rotatable bonds is 4. The van der Waals surface area contributed by atoms with Crippen molar-refractivity contribution in [1.29, 1.82) is 0 Å². The smallest absolute Gasteiger partial charge is 0.259 e. The normalized spacial score (nSPS) is 11.7. The van der Waals surface area contributed by atoms with Gasteiger partial charge in [-0.05, 0) is 49.2 Å². The number of benzene rings is 2. The minimum Gasteiger partial charge on any atom is -0.494 e. The maximum Gasteiger partial charge on any atom is 0.259 e. The standard InChI is InChI=1S/C19H17ClN2O2/c1-3-24-14-8-5-7-13(10-14)11-16(20)18-21-17-12(2)6-4-9-15(17)19(23)22-18/h4-11H,3H2,1-2H3,(H,21,22,23). The van der Waals surface area contributed by atoms with Gasteiger partial charge in [-0.1, -0.05) is 35.9 Å². The van der Waals surface area contributed by atoms with Crippen LogP contribution in [0.2, 0.25) is 0 Å². The molecule has 0 spiro atoms. The topological polar surface area (TPSA) is 55.0 Å². The molecule has 0 saturated heterocycles. The Balaban J connectivity index is 2.05. The summed E-state index contributed by atoms with van der Waals surface area (Å²) in [5, 5.41) is 0.924. The van der Waals surface area contributed by atoms with Gasteiger partial charge in [-0.3, -0.25) is 4.79 Å². The molecule has 3 rings (SSSR count). The summed E-state index contributed by atoms with van der Waals surface area (Å²) in [4.78, 5) is 19.5. The average Bonchev–Trinajstić information content (AvgIpc) is 2.56. The van der Waals surface area contributed by atoms with Gasteiger partial charge in [-0.2, -0.15) is 0 Å². The van der Waals surface area contributed by atoms with Crippen LogP contribution in [-0.2, 0) is 0 Å². The van der Waals surface area contributed by atoms with E-state index in [9.17, 15) is 4.79 Å².